The first-order valence-electron chi connectivity index (χ1n) is 10.0. The Hall–Kier alpha value is -4.18. The van der Waals surface area contributed by atoms with E-state index in [1.165, 1.54) is 23.1 Å². The highest BCUT2D eigenvalue weighted by Crippen LogP contribution is 2.32. The molecule has 1 saturated heterocycles. The van der Waals surface area contributed by atoms with Crippen molar-refractivity contribution >= 4 is 40.7 Å². The fraction of sp³-hybridized carbons (Fsp3) is 0.130. The number of carbonyl (C=O) groups excluding carboxylic acids is 1. The van der Waals surface area contributed by atoms with Crippen molar-refractivity contribution in [2.45, 2.75) is 13.5 Å². The lowest BCUT2D eigenvalue weighted by Crippen LogP contribution is -2.30. The molecule has 1 amide bonds. The monoisotopic (exact) mass is 465 g/mol. The minimum Gasteiger partial charge on any atom is -0.492 e. The lowest BCUT2D eigenvalue weighted by Gasteiger charge is -2.17. The Morgan fingerprint density at radius 3 is 2.58 bits per heavy atom. The van der Waals surface area contributed by atoms with Crippen LogP contribution in [-0.4, -0.2) is 22.5 Å². The number of nitrogens with one attached hydrogen (secondary N) is 1. The fourth-order valence-electron chi connectivity index (χ4n) is 3.24. The second-order valence-corrected chi connectivity index (χ2v) is 7.23. The molecule has 0 spiro atoms. The number of thiocarbonyl (C=S) groups is 1. The van der Waals surface area contributed by atoms with E-state index < -0.39 is 4.92 Å². The van der Waals surface area contributed by atoms with Gasteiger partial charge in [0.1, 0.15) is 29.6 Å². The van der Waals surface area contributed by atoms with Crippen LogP contribution in [0.5, 0.6) is 11.5 Å². The maximum absolute atomic E-state index is 13.0. The molecular formula is C23H19N3O6S. The molecule has 168 valence electrons. The number of para-hydroxylation sites is 4. The summed E-state index contributed by atoms with van der Waals surface area (Å²) in [5, 5.41) is 14.2. The Bertz CT molecular complexity index is 1250. The van der Waals surface area contributed by atoms with Gasteiger partial charge in [-0.25, -0.2) is 4.90 Å². The van der Waals surface area contributed by atoms with Gasteiger partial charge in [0.15, 0.2) is 10.9 Å². The Morgan fingerprint density at radius 1 is 1.09 bits per heavy atom. The Labute approximate surface area is 194 Å². The van der Waals surface area contributed by atoms with Gasteiger partial charge in [0.05, 0.1) is 17.2 Å². The third-order valence-corrected chi connectivity index (χ3v) is 4.97. The SMILES string of the molecule is CCOc1ccccc1N1C(=O)/C(=C\c2ccc(COc3ccccc3[N+](=O)[O-])o2)NC1=S. The van der Waals surface area contributed by atoms with Crippen molar-refractivity contribution < 1.29 is 23.6 Å². The first-order chi connectivity index (χ1) is 16.0. The molecule has 2 heterocycles. The smallest absolute Gasteiger partial charge is 0.310 e. The number of anilines is 1. The van der Waals surface area contributed by atoms with Crippen LogP contribution in [0.4, 0.5) is 11.4 Å². The molecule has 4 rings (SSSR count). The molecule has 1 N–H and O–H groups in total. The first kappa shape index (κ1) is 22.0. The maximum Gasteiger partial charge on any atom is 0.310 e. The number of ether oxygens (including phenoxy) is 2. The average Bonchev–Trinajstić information content (AvgIpc) is 3.37. The molecule has 0 atom stereocenters. The third kappa shape index (κ3) is 4.70. The minimum atomic E-state index is -0.511. The molecule has 0 bridgehead atoms. The van der Waals surface area contributed by atoms with Gasteiger partial charge >= 0.3 is 5.69 Å². The van der Waals surface area contributed by atoms with E-state index >= 15 is 0 Å². The van der Waals surface area contributed by atoms with Gasteiger partial charge in [-0.05, 0) is 49.5 Å². The number of rotatable bonds is 8. The van der Waals surface area contributed by atoms with E-state index in [-0.39, 0.29) is 34.8 Å². The van der Waals surface area contributed by atoms with E-state index in [1.807, 2.05) is 13.0 Å². The highest BCUT2D eigenvalue weighted by Gasteiger charge is 2.34. The van der Waals surface area contributed by atoms with Gasteiger partial charge in [-0.2, -0.15) is 0 Å². The first-order valence-corrected chi connectivity index (χ1v) is 10.4. The molecule has 0 aliphatic carbocycles. The summed E-state index contributed by atoms with van der Waals surface area (Å²) in [7, 11) is 0. The molecule has 0 radical (unpaired) electrons. The van der Waals surface area contributed by atoms with Crippen LogP contribution in [0.2, 0.25) is 0 Å². The Morgan fingerprint density at radius 2 is 1.82 bits per heavy atom. The molecule has 1 aromatic heterocycles. The quantitative estimate of drug-likeness (QED) is 0.225. The highest BCUT2D eigenvalue weighted by molar-refractivity contribution is 7.80. The fourth-order valence-corrected chi connectivity index (χ4v) is 3.54. The predicted molar refractivity (Wildman–Crippen MR) is 125 cm³/mol. The zero-order valence-electron chi connectivity index (χ0n) is 17.5. The lowest BCUT2D eigenvalue weighted by atomic mass is 10.2. The normalized spacial score (nSPS) is 14.5. The topological polar surface area (TPSA) is 107 Å². The third-order valence-electron chi connectivity index (χ3n) is 4.69. The second-order valence-electron chi connectivity index (χ2n) is 6.85. The van der Waals surface area contributed by atoms with Crippen molar-refractivity contribution in [3.8, 4) is 11.5 Å². The van der Waals surface area contributed by atoms with Gasteiger partial charge in [-0.15, -0.1) is 0 Å². The van der Waals surface area contributed by atoms with Gasteiger partial charge in [-0.1, -0.05) is 24.3 Å². The molecule has 9 nitrogen and oxygen atoms in total. The van der Waals surface area contributed by atoms with Crippen LogP contribution in [0.15, 0.2) is 70.8 Å². The molecule has 0 unspecified atom stereocenters. The van der Waals surface area contributed by atoms with Crippen molar-refractivity contribution in [2.75, 3.05) is 11.5 Å². The summed E-state index contributed by atoms with van der Waals surface area (Å²) >= 11 is 5.36. The number of carbonyl (C=O) groups is 1. The number of nitrogens with zero attached hydrogens (tertiary/aromatic N) is 2. The van der Waals surface area contributed by atoms with Crippen molar-refractivity contribution in [1.29, 1.82) is 0 Å². The zero-order valence-corrected chi connectivity index (χ0v) is 18.3. The van der Waals surface area contributed by atoms with Crippen LogP contribution in [0, 0.1) is 10.1 Å². The van der Waals surface area contributed by atoms with Crippen molar-refractivity contribution in [3.63, 3.8) is 0 Å². The number of nitro benzene ring substituents is 1. The number of furan rings is 1. The summed E-state index contributed by atoms with van der Waals surface area (Å²) in [4.78, 5) is 25.0. The molecule has 2 aromatic carbocycles. The highest BCUT2D eigenvalue weighted by atomic mass is 32.1. The molecule has 3 aromatic rings. The lowest BCUT2D eigenvalue weighted by molar-refractivity contribution is -0.386. The standard InChI is InChI=1S/C23H19N3O6S/c1-2-30-20-9-5-3-7-18(20)25-22(27)17(24-23(25)33)13-15-11-12-16(32-15)14-31-21-10-6-4-8-19(21)26(28)29/h3-13H,2,14H2,1H3,(H,24,33)/b17-13+. The van der Waals surface area contributed by atoms with Crippen molar-refractivity contribution in [2.24, 2.45) is 0 Å². The second kappa shape index (κ2) is 9.53. The van der Waals surface area contributed by atoms with Gasteiger partial charge in [0, 0.05) is 12.1 Å². The summed E-state index contributed by atoms with van der Waals surface area (Å²) in [6.45, 7) is 2.30. The predicted octanol–water partition coefficient (Wildman–Crippen LogP) is 4.43. The van der Waals surface area contributed by atoms with Crippen LogP contribution >= 0.6 is 12.2 Å². The number of amides is 1. The van der Waals surface area contributed by atoms with Gasteiger partial charge in [0.25, 0.3) is 5.91 Å². The number of hydrogen-bond donors (Lipinski definition) is 1. The van der Waals surface area contributed by atoms with Gasteiger partial charge < -0.3 is 19.2 Å². The van der Waals surface area contributed by atoms with Crippen molar-refractivity contribution in [1.82, 2.24) is 5.32 Å². The average molecular weight is 465 g/mol. The van der Waals surface area contributed by atoms with Crippen LogP contribution < -0.4 is 19.7 Å². The maximum atomic E-state index is 13.0. The molecular weight excluding hydrogens is 446 g/mol. The summed E-state index contributed by atoms with van der Waals surface area (Å²) in [5.74, 6) is 1.18. The van der Waals surface area contributed by atoms with E-state index in [2.05, 4.69) is 5.32 Å². The Balaban J connectivity index is 1.49. The van der Waals surface area contributed by atoms with E-state index in [4.69, 9.17) is 26.1 Å². The summed E-state index contributed by atoms with van der Waals surface area (Å²) in [5.41, 5.74) is 0.656. The minimum absolute atomic E-state index is 0.0122. The molecule has 0 saturated carbocycles. The molecule has 1 aliphatic heterocycles. The number of benzene rings is 2. The van der Waals surface area contributed by atoms with Crippen LogP contribution in [0.25, 0.3) is 6.08 Å². The molecule has 10 heteroatoms. The molecule has 33 heavy (non-hydrogen) atoms. The van der Waals surface area contributed by atoms with Crippen molar-refractivity contribution in [3.05, 3.63) is 88.0 Å². The molecule has 1 aliphatic rings. The zero-order chi connectivity index (χ0) is 23.4. The largest absolute Gasteiger partial charge is 0.492 e. The van der Waals surface area contributed by atoms with Crippen LogP contribution in [-0.2, 0) is 11.4 Å². The van der Waals surface area contributed by atoms with E-state index in [9.17, 15) is 14.9 Å². The number of nitro groups is 1. The summed E-state index contributed by atoms with van der Waals surface area (Å²) in [6, 6.07) is 16.6. The van der Waals surface area contributed by atoms with E-state index in [0.29, 0.717) is 29.6 Å². The molecule has 1 fully saturated rings. The van der Waals surface area contributed by atoms with E-state index in [0.717, 1.165) is 0 Å². The Kier molecular flexibility index (Phi) is 6.36. The van der Waals surface area contributed by atoms with Gasteiger partial charge in [0.2, 0.25) is 0 Å². The van der Waals surface area contributed by atoms with Crippen LogP contribution in [0.1, 0.15) is 18.4 Å². The number of hydrogen-bond acceptors (Lipinski definition) is 7. The van der Waals surface area contributed by atoms with Crippen LogP contribution in [0.3, 0.4) is 0 Å². The summed E-state index contributed by atoms with van der Waals surface area (Å²) < 4.78 is 16.9. The summed E-state index contributed by atoms with van der Waals surface area (Å²) in [6.07, 6.45) is 1.53. The van der Waals surface area contributed by atoms with E-state index in [1.54, 1.807) is 42.5 Å². The van der Waals surface area contributed by atoms with Gasteiger partial charge in [-0.3, -0.25) is 14.9 Å².